The Bertz CT molecular complexity index is 3840. The minimum absolute atomic E-state index is 0.515. The van der Waals surface area contributed by atoms with Crippen molar-refractivity contribution in [3.8, 4) is 39.1 Å². The van der Waals surface area contributed by atoms with Crippen LogP contribution in [0.1, 0.15) is 22.3 Å². The molecule has 1 unspecified atom stereocenters. The van der Waals surface area contributed by atoms with Gasteiger partial charge in [-0.05, 0) is 128 Å². The van der Waals surface area contributed by atoms with E-state index in [9.17, 15) is 0 Å². The van der Waals surface area contributed by atoms with Gasteiger partial charge in [-0.15, -0.1) is 0 Å². The highest BCUT2D eigenvalue weighted by molar-refractivity contribution is 6.16. The maximum atomic E-state index is 6.52. The zero-order valence-corrected chi connectivity index (χ0v) is 34.7. The van der Waals surface area contributed by atoms with E-state index in [-0.39, 0.29) is 0 Å². The number of benzene rings is 10. The van der Waals surface area contributed by atoms with Crippen LogP contribution in [0.4, 0.5) is 17.1 Å². The van der Waals surface area contributed by atoms with Crippen LogP contribution in [-0.4, -0.2) is 4.57 Å². The van der Waals surface area contributed by atoms with Gasteiger partial charge >= 0.3 is 0 Å². The number of anilines is 3. The van der Waals surface area contributed by atoms with Crippen molar-refractivity contribution in [2.75, 3.05) is 4.90 Å². The molecule has 0 bridgehead atoms. The maximum absolute atomic E-state index is 6.52. The molecule has 0 saturated carbocycles. The molecule has 298 valence electrons. The summed E-state index contributed by atoms with van der Waals surface area (Å²) in [6.07, 6.45) is 0. The van der Waals surface area contributed by atoms with Crippen LogP contribution in [-0.2, 0) is 5.41 Å². The summed E-state index contributed by atoms with van der Waals surface area (Å²) < 4.78 is 8.99. The molecule has 0 fully saturated rings. The second-order valence-corrected chi connectivity index (χ2v) is 17.2. The lowest BCUT2D eigenvalue weighted by molar-refractivity contribution is 0.668. The average Bonchev–Trinajstić information content (AvgIpc) is 4.08. The van der Waals surface area contributed by atoms with Crippen LogP contribution in [0.25, 0.3) is 82.8 Å². The first-order valence-electron chi connectivity index (χ1n) is 22.1. The van der Waals surface area contributed by atoms with Crippen molar-refractivity contribution in [2.45, 2.75) is 5.41 Å². The summed E-state index contributed by atoms with van der Waals surface area (Å²) in [4.78, 5) is 2.37. The Hall–Kier alpha value is -8.40. The third-order valence-corrected chi connectivity index (χ3v) is 14.0. The molecule has 0 saturated heterocycles. The third-order valence-electron chi connectivity index (χ3n) is 14.0. The standard InChI is InChI=1S/C61H38N2O/c1-3-15-39(16-4-1)40-27-29-42(30-28-40)62(41-17-5-2-6-18-41)43-32-35-56-50(37-43)47-20-9-13-25-55(47)63(56)44-31-33-46-45-19-7-11-23-51(45)61(54(46)38-44)52-24-12-8-21-48(52)59-53(61)34-36-58-60(59)49-22-10-14-26-57(49)64-58/h1-38H. The normalized spacial score (nSPS) is 14.6. The number of aromatic nitrogens is 1. The van der Waals surface area contributed by atoms with Crippen molar-refractivity contribution in [2.24, 2.45) is 0 Å². The summed E-state index contributed by atoms with van der Waals surface area (Å²) >= 11 is 0. The summed E-state index contributed by atoms with van der Waals surface area (Å²) in [5, 5.41) is 4.77. The smallest absolute Gasteiger partial charge is 0.136 e. The lowest BCUT2D eigenvalue weighted by Crippen LogP contribution is -2.26. The molecule has 0 radical (unpaired) electrons. The Morgan fingerprint density at radius 3 is 1.80 bits per heavy atom. The van der Waals surface area contributed by atoms with Crippen LogP contribution in [0.15, 0.2) is 235 Å². The van der Waals surface area contributed by atoms with Crippen molar-refractivity contribution >= 4 is 60.8 Å². The van der Waals surface area contributed by atoms with E-state index in [0.717, 1.165) is 39.3 Å². The van der Waals surface area contributed by atoms with Crippen molar-refractivity contribution in [3.63, 3.8) is 0 Å². The van der Waals surface area contributed by atoms with Crippen LogP contribution < -0.4 is 4.90 Å². The summed E-state index contributed by atoms with van der Waals surface area (Å²) in [7, 11) is 0. The topological polar surface area (TPSA) is 21.3 Å². The molecule has 14 rings (SSSR count). The highest BCUT2D eigenvalue weighted by Crippen LogP contribution is 2.64. The van der Waals surface area contributed by atoms with Crippen LogP contribution in [0.3, 0.4) is 0 Å². The number of hydrogen-bond acceptors (Lipinski definition) is 2. The Morgan fingerprint density at radius 2 is 0.969 bits per heavy atom. The Kier molecular flexibility index (Phi) is 7.32. The molecular formula is C61H38N2O. The molecule has 3 nitrogen and oxygen atoms in total. The molecule has 0 N–H and O–H groups in total. The molecule has 3 heteroatoms. The predicted molar refractivity (Wildman–Crippen MR) is 264 cm³/mol. The van der Waals surface area contributed by atoms with E-state index in [1.165, 1.54) is 82.8 Å². The highest BCUT2D eigenvalue weighted by atomic mass is 16.3. The zero-order valence-electron chi connectivity index (χ0n) is 34.7. The quantitative estimate of drug-likeness (QED) is 0.173. The molecule has 12 aromatic rings. The summed E-state index contributed by atoms with van der Waals surface area (Å²) in [6, 6.07) is 84.4. The number of hydrogen-bond donors (Lipinski definition) is 0. The number of para-hydroxylation sites is 3. The van der Waals surface area contributed by atoms with Gasteiger partial charge in [-0.25, -0.2) is 0 Å². The van der Waals surface area contributed by atoms with E-state index < -0.39 is 5.41 Å². The van der Waals surface area contributed by atoms with Gasteiger partial charge in [0.25, 0.3) is 0 Å². The molecule has 64 heavy (non-hydrogen) atoms. The van der Waals surface area contributed by atoms with E-state index in [2.05, 4.69) is 240 Å². The summed E-state index contributed by atoms with van der Waals surface area (Å²) in [5.41, 5.74) is 20.9. The lowest BCUT2D eigenvalue weighted by atomic mass is 9.70. The van der Waals surface area contributed by atoms with Gasteiger partial charge in [0.1, 0.15) is 11.2 Å². The van der Waals surface area contributed by atoms with Gasteiger partial charge in [-0.1, -0.05) is 158 Å². The minimum atomic E-state index is -0.515. The summed E-state index contributed by atoms with van der Waals surface area (Å²) in [5.74, 6) is 0. The fraction of sp³-hybridized carbons (Fsp3) is 0.0164. The van der Waals surface area contributed by atoms with E-state index >= 15 is 0 Å². The first-order chi connectivity index (χ1) is 31.8. The second-order valence-electron chi connectivity index (χ2n) is 17.2. The summed E-state index contributed by atoms with van der Waals surface area (Å²) in [6.45, 7) is 0. The lowest BCUT2D eigenvalue weighted by Gasteiger charge is -2.30. The van der Waals surface area contributed by atoms with Crippen LogP contribution >= 0.6 is 0 Å². The van der Waals surface area contributed by atoms with E-state index in [1.54, 1.807) is 0 Å². The number of rotatable bonds is 5. The Labute approximate surface area is 370 Å². The van der Waals surface area contributed by atoms with Gasteiger partial charge in [0.15, 0.2) is 0 Å². The molecule has 10 aromatic carbocycles. The maximum Gasteiger partial charge on any atom is 0.136 e. The minimum Gasteiger partial charge on any atom is -0.456 e. The predicted octanol–water partition coefficient (Wildman–Crippen LogP) is 16.2. The molecule has 2 heterocycles. The van der Waals surface area contributed by atoms with E-state index in [0.29, 0.717) is 0 Å². The Balaban J connectivity index is 0.982. The van der Waals surface area contributed by atoms with Gasteiger partial charge in [-0.3, -0.25) is 0 Å². The molecule has 0 aliphatic heterocycles. The Morgan fingerprint density at radius 1 is 0.359 bits per heavy atom. The first kappa shape index (κ1) is 35.2. The third kappa shape index (κ3) is 4.76. The van der Waals surface area contributed by atoms with Gasteiger partial charge in [0.2, 0.25) is 0 Å². The number of furan rings is 1. The average molecular weight is 815 g/mol. The number of nitrogens with zero attached hydrogens (tertiary/aromatic N) is 2. The van der Waals surface area contributed by atoms with Gasteiger partial charge in [-0.2, -0.15) is 0 Å². The first-order valence-corrected chi connectivity index (χ1v) is 22.1. The van der Waals surface area contributed by atoms with Gasteiger partial charge < -0.3 is 13.9 Å². The molecule has 2 aromatic heterocycles. The fourth-order valence-corrected chi connectivity index (χ4v) is 11.4. The highest BCUT2D eigenvalue weighted by Gasteiger charge is 2.52. The SMILES string of the molecule is c1ccc(-c2ccc(N(c3ccccc3)c3ccc4c(c3)c3ccccc3n4-c3ccc4c(c3)C3(c5ccccc5-4)c4ccccc4-c4c3ccc3oc5ccccc5c43)cc2)cc1. The molecular weight excluding hydrogens is 777 g/mol. The molecule has 0 amide bonds. The zero-order chi connectivity index (χ0) is 41.9. The second kappa shape index (κ2) is 13.3. The van der Waals surface area contributed by atoms with E-state index in [1.807, 2.05) is 0 Å². The largest absolute Gasteiger partial charge is 0.456 e. The molecule has 1 atom stereocenters. The van der Waals surface area contributed by atoms with Gasteiger partial charge in [0.05, 0.1) is 16.4 Å². The van der Waals surface area contributed by atoms with Crippen LogP contribution in [0.2, 0.25) is 0 Å². The van der Waals surface area contributed by atoms with Crippen molar-refractivity contribution in [1.82, 2.24) is 4.57 Å². The van der Waals surface area contributed by atoms with E-state index in [4.69, 9.17) is 4.42 Å². The van der Waals surface area contributed by atoms with Gasteiger partial charge in [0, 0.05) is 44.3 Å². The van der Waals surface area contributed by atoms with Crippen molar-refractivity contribution in [3.05, 3.63) is 253 Å². The van der Waals surface area contributed by atoms with Crippen LogP contribution in [0, 0.1) is 0 Å². The molecule has 2 aliphatic rings. The molecule has 2 aliphatic carbocycles. The van der Waals surface area contributed by atoms with Crippen molar-refractivity contribution < 1.29 is 4.42 Å². The fourth-order valence-electron chi connectivity index (χ4n) is 11.4. The molecule has 1 spiro atoms. The van der Waals surface area contributed by atoms with Crippen LogP contribution in [0.5, 0.6) is 0 Å². The van der Waals surface area contributed by atoms with Crippen molar-refractivity contribution in [1.29, 1.82) is 0 Å². The monoisotopic (exact) mass is 814 g/mol. The number of fused-ring (bicyclic) bond motifs is 17.